The first kappa shape index (κ1) is 14.3. The predicted molar refractivity (Wildman–Crippen MR) is 87.2 cm³/mol. The molecule has 0 saturated heterocycles. The molecule has 0 aliphatic carbocycles. The third-order valence-electron chi connectivity index (χ3n) is 3.82. The summed E-state index contributed by atoms with van der Waals surface area (Å²) < 4.78 is 6.38. The van der Waals surface area contributed by atoms with E-state index in [1.807, 2.05) is 31.2 Å². The van der Waals surface area contributed by atoms with Crippen LogP contribution in [0.2, 0.25) is 0 Å². The number of rotatable bonds is 4. The Bertz CT molecular complexity index is 692. The molecule has 0 aromatic heterocycles. The van der Waals surface area contributed by atoms with Crippen molar-refractivity contribution in [2.45, 2.75) is 26.2 Å². The largest absolute Gasteiger partial charge is 0.493 e. The van der Waals surface area contributed by atoms with Crippen molar-refractivity contribution in [1.82, 2.24) is 0 Å². The van der Waals surface area contributed by atoms with Crippen LogP contribution in [0.1, 0.15) is 33.5 Å². The van der Waals surface area contributed by atoms with Crippen molar-refractivity contribution in [2.24, 2.45) is 0 Å². The number of Topliss-reactive ketones (excluding diaryl/α,β-unsaturated/α-hetero) is 1. The lowest BCUT2D eigenvalue weighted by Gasteiger charge is -2.06. The number of fused-ring (bicyclic) bond motifs is 1. The Hall–Kier alpha value is -1.61. The maximum Gasteiger partial charge on any atom is 0.164 e. The molecule has 3 heteroatoms. The zero-order valence-corrected chi connectivity index (χ0v) is 13.6. The maximum atomic E-state index is 12.4. The summed E-state index contributed by atoms with van der Waals surface area (Å²) in [5.74, 6) is 1.17. The SMILES string of the molecule is Cc1ccc(Br)c(C(=O)CCc2ccc3c(c2)CCO3)c1. The highest BCUT2D eigenvalue weighted by molar-refractivity contribution is 9.10. The van der Waals surface area contributed by atoms with Gasteiger partial charge in [-0.3, -0.25) is 4.79 Å². The number of benzene rings is 2. The molecular formula is C18H17BrO2. The van der Waals surface area contributed by atoms with Crippen molar-refractivity contribution >= 4 is 21.7 Å². The Morgan fingerprint density at radius 1 is 1.24 bits per heavy atom. The second kappa shape index (κ2) is 6.02. The molecule has 0 N–H and O–H groups in total. The monoisotopic (exact) mass is 344 g/mol. The minimum Gasteiger partial charge on any atom is -0.493 e. The quantitative estimate of drug-likeness (QED) is 0.763. The Balaban J connectivity index is 1.70. The average Bonchev–Trinajstić information content (AvgIpc) is 2.94. The van der Waals surface area contributed by atoms with Crippen LogP contribution >= 0.6 is 15.9 Å². The number of ether oxygens (including phenoxy) is 1. The van der Waals surface area contributed by atoms with Gasteiger partial charge in [0, 0.05) is 22.9 Å². The molecule has 1 aliphatic heterocycles. The van der Waals surface area contributed by atoms with E-state index in [2.05, 4.69) is 28.1 Å². The highest BCUT2D eigenvalue weighted by atomic mass is 79.9. The summed E-state index contributed by atoms with van der Waals surface area (Å²) >= 11 is 3.46. The van der Waals surface area contributed by atoms with Crippen LogP contribution in [0.4, 0.5) is 0 Å². The lowest BCUT2D eigenvalue weighted by atomic mass is 10.00. The Morgan fingerprint density at radius 2 is 2.10 bits per heavy atom. The Morgan fingerprint density at radius 3 is 2.95 bits per heavy atom. The van der Waals surface area contributed by atoms with Crippen LogP contribution in [0.15, 0.2) is 40.9 Å². The molecule has 0 amide bonds. The van der Waals surface area contributed by atoms with Gasteiger partial charge in [-0.1, -0.05) is 39.7 Å². The Labute approximate surface area is 133 Å². The molecule has 1 aliphatic rings. The van der Waals surface area contributed by atoms with Gasteiger partial charge in [0.25, 0.3) is 0 Å². The van der Waals surface area contributed by atoms with Crippen LogP contribution in [0, 0.1) is 6.92 Å². The number of hydrogen-bond donors (Lipinski definition) is 0. The minimum atomic E-state index is 0.183. The summed E-state index contributed by atoms with van der Waals surface area (Å²) in [6.45, 7) is 2.78. The van der Waals surface area contributed by atoms with E-state index in [9.17, 15) is 4.79 Å². The lowest BCUT2D eigenvalue weighted by molar-refractivity contribution is 0.0982. The van der Waals surface area contributed by atoms with Gasteiger partial charge < -0.3 is 4.74 Å². The average molecular weight is 345 g/mol. The number of carbonyl (C=O) groups excluding carboxylic acids is 1. The van der Waals surface area contributed by atoms with Gasteiger partial charge in [-0.2, -0.15) is 0 Å². The van der Waals surface area contributed by atoms with Crippen LogP contribution in [0.25, 0.3) is 0 Å². The highest BCUT2D eigenvalue weighted by Crippen LogP contribution is 2.27. The molecule has 3 rings (SSSR count). The van der Waals surface area contributed by atoms with Gasteiger partial charge in [-0.05, 0) is 42.7 Å². The molecule has 108 valence electrons. The van der Waals surface area contributed by atoms with Crippen LogP contribution in [-0.2, 0) is 12.8 Å². The van der Waals surface area contributed by atoms with E-state index < -0.39 is 0 Å². The Kier molecular flexibility index (Phi) is 4.11. The first-order valence-electron chi connectivity index (χ1n) is 7.17. The van der Waals surface area contributed by atoms with Crippen molar-refractivity contribution in [2.75, 3.05) is 6.61 Å². The van der Waals surface area contributed by atoms with Gasteiger partial charge >= 0.3 is 0 Å². The fraction of sp³-hybridized carbons (Fsp3) is 0.278. The molecule has 0 fully saturated rings. The molecule has 2 aromatic rings. The molecular weight excluding hydrogens is 328 g/mol. The number of carbonyl (C=O) groups is 1. The van der Waals surface area contributed by atoms with E-state index in [0.29, 0.717) is 6.42 Å². The van der Waals surface area contributed by atoms with Crippen molar-refractivity contribution < 1.29 is 9.53 Å². The number of hydrogen-bond acceptors (Lipinski definition) is 2. The van der Waals surface area contributed by atoms with Gasteiger partial charge in [0.1, 0.15) is 5.75 Å². The van der Waals surface area contributed by atoms with Crippen LogP contribution in [-0.4, -0.2) is 12.4 Å². The van der Waals surface area contributed by atoms with E-state index in [1.165, 1.54) is 11.1 Å². The van der Waals surface area contributed by atoms with E-state index in [0.717, 1.165) is 40.8 Å². The third-order valence-corrected chi connectivity index (χ3v) is 4.51. The standard InChI is InChI=1S/C18H17BrO2/c1-12-2-5-16(19)15(10-12)17(20)6-3-13-4-7-18-14(11-13)8-9-21-18/h2,4-5,7,10-11H,3,6,8-9H2,1H3. The molecule has 1 heterocycles. The van der Waals surface area contributed by atoms with Crippen molar-refractivity contribution in [3.05, 3.63) is 63.1 Å². The molecule has 0 saturated carbocycles. The number of halogens is 1. The fourth-order valence-electron chi connectivity index (χ4n) is 2.64. The number of ketones is 1. The van der Waals surface area contributed by atoms with Crippen molar-refractivity contribution in [1.29, 1.82) is 0 Å². The topological polar surface area (TPSA) is 26.3 Å². The van der Waals surface area contributed by atoms with E-state index >= 15 is 0 Å². The van der Waals surface area contributed by atoms with E-state index in [1.54, 1.807) is 0 Å². The molecule has 0 unspecified atom stereocenters. The molecule has 0 spiro atoms. The third kappa shape index (κ3) is 3.18. The van der Waals surface area contributed by atoms with Crippen LogP contribution < -0.4 is 4.74 Å². The van der Waals surface area contributed by atoms with Crippen molar-refractivity contribution in [3.8, 4) is 5.75 Å². The molecule has 2 aromatic carbocycles. The van der Waals surface area contributed by atoms with E-state index in [4.69, 9.17) is 4.74 Å². The zero-order valence-electron chi connectivity index (χ0n) is 12.0. The van der Waals surface area contributed by atoms with Crippen LogP contribution in [0.3, 0.4) is 0 Å². The number of aryl methyl sites for hydroxylation is 2. The summed E-state index contributed by atoms with van der Waals surface area (Å²) in [6.07, 6.45) is 2.27. The summed E-state index contributed by atoms with van der Waals surface area (Å²) in [5.41, 5.74) is 4.35. The summed E-state index contributed by atoms with van der Waals surface area (Å²) in [6, 6.07) is 12.1. The molecule has 21 heavy (non-hydrogen) atoms. The van der Waals surface area contributed by atoms with Gasteiger partial charge in [-0.15, -0.1) is 0 Å². The first-order valence-corrected chi connectivity index (χ1v) is 7.97. The second-order valence-corrected chi connectivity index (χ2v) is 6.30. The lowest BCUT2D eigenvalue weighted by Crippen LogP contribution is -2.03. The maximum absolute atomic E-state index is 12.4. The smallest absolute Gasteiger partial charge is 0.164 e. The normalized spacial score (nSPS) is 12.9. The fourth-order valence-corrected chi connectivity index (χ4v) is 3.11. The van der Waals surface area contributed by atoms with Gasteiger partial charge in [0.05, 0.1) is 6.61 Å². The summed E-state index contributed by atoms with van der Waals surface area (Å²) in [4.78, 5) is 12.4. The molecule has 0 bridgehead atoms. The van der Waals surface area contributed by atoms with Crippen LogP contribution in [0.5, 0.6) is 5.75 Å². The van der Waals surface area contributed by atoms with Gasteiger partial charge in [-0.25, -0.2) is 0 Å². The molecule has 0 atom stereocenters. The second-order valence-electron chi connectivity index (χ2n) is 5.45. The zero-order chi connectivity index (χ0) is 14.8. The molecule has 2 nitrogen and oxygen atoms in total. The van der Waals surface area contributed by atoms with E-state index in [-0.39, 0.29) is 5.78 Å². The summed E-state index contributed by atoms with van der Waals surface area (Å²) in [5, 5.41) is 0. The van der Waals surface area contributed by atoms with Crippen molar-refractivity contribution in [3.63, 3.8) is 0 Å². The molecule has 0 radical (unpaired) electrons. The summed E-state index contributed by atoms with van der Waals surface area (Å²) in [7, 11) is 0. The highest BCUT2D eigenvalue weighted by Gasteiger charge is 2.14. The minimum absolute atomic E-state index is 0.183. The predicted octanol–water partition coefficient (Wildman–Crippen LogP) is 4.51. The van der Waals surface area contributed by atoms with Gasteiger partial charge in [0.15, 0.2) is 5.78 Å². The first-order chi connectivity index (χ1) is 10.1. The van der Waals surface area contributed by atoms with Gasteiger partial charge in [0.2, 0.25) is 0 Å².